The second-order valence-corrected chi connectivity index (χ2v) is 7.69. The van der Waals surface area contributed by atoms with E-state index >= 15 is 0 Å². The Labute approximate surface area is 138 Å². The lowest BCUT2D eigenvalue weighted by Gasteiger charge is -2.37. The number of ether oxygens (including phenoxy) is 3. The third-order valence-electron chi connectivity index (χ3n) is 3.10. The minimum absolute atomic E-state index is 0.391. The van der Waals surface area contributed by atoms with Crippen molar-refractivity contribution >= 4 is 12.1 Å². The highest BCUT2D eigenvalue weighted by Gasteiger charge is 2.38. The van der Waals surface area contributed by atoms with Crippen LogP contribution in [0, 0.1) is 0 Å². The predicted molar refractivity (Wildman–Crippen MR) is 86.9 cm³/mol. The SMILES string of the molecule is CO/C=C1/CCN(C(=O)OC(C)(C)C)C(C(=O)OC(C)(C)C)C1. The maximum atomic E-state index is 12.5. The quantitative estimate of drug-likeness (QED) is 0.575. The Kier molecular flexibility index (Phi) is 6.08. The van der Waals surface area contributed by atoms with Gasteiger partial charge in [0.15, 0.2) is 0 Å². The highest BCUT2D eigenvalue weighted by Crippen LogP contribution is 2.26. The molecule has 1 aliphatic rings. The van der Waals surface area contributed by atoms with E-state index in [1.165, 1.54) is 4.90 Å². The molecule has 1 amide bonds. The van der Waals surface area contributed by atoms with Crippen molar-refractivity contribution in [3.63, 3.8) is 0 Å². The fourth-order valence-corrected chi connectivity index (χ4v) is 2.27. The molecule has 6 nitrogen and oxygen atoms in total. The van der Waals surface area contributed by atoms with E-state index in [-0.39, 0.29) is 0 Å². The van der Waals surface area contributed by atoms with Gasteiger partial charge in [0.25, 0.3) is 0 Å². The lowest BCUT2D eigenvalue weighted by atomic mass is 9.97. The van der Waals surface area contributed by atoms with Crippen LogP contribution in [0.5, 0.6) is 0 Å². The Morgan fingerprint density at radius 2 is 1.65 bits per heavy atom. The fraction of sp³-hybridized carbons (Fsp3) is 0.765. The van der Waals surface area contributed by atoms with Gasteiger partial charge < -0.3 is 14.2 Å². The van der Waals surface area contributed by atoms with Crippen LogP contribution in [0.2, 0.25) is 0 Å². The molecule has 1 fully saturated rings. The molecule has 1 aliphatic heterocycles. The predicted octanol–water partition coefficient (Wildman–Crippen LogP) is 3.26. The van der Waals surface area contributed by atoms with Gasteiger partial charge in [0, 0.05) is 13.0 Å². The molecule has 6 heteroatoms. The first-order chi connectivity index (χ1) is 10.4. The molecule has 0 aromatic carbocycles. The number of esters is 1. The number of likely N-dealkylation sites (tertiary alicyclic amines) is 1. The number of carbonyl (C=O) groups excluding carboxylic acids is 2. The maximum Gasteiger partial charge on any atom is 0.411 e. The first-order valence-corrected chi connectivity index (χ1v) is 7.86. The summed E-state index contributed by atoms with van der Waals surface area (Å²) in [5.41, 5.74) is -0.250. The molecule has 0 radical (unpaired) electrons. The Morgan fingerprint density at radius 3 is 2.13 bits per heavy atom. The number of methoxy groups -OCH3 is 1. The molecular weight excluding hydrogens is 298 g/mol. The number of rotatable bonds is 2. The number of nitrogens with zero attached hydrogens (tertiary/aromatic N) is 1. The van der Waals surface area contributed by atoms with Crippen molar-refractivity contribution in [1.82, 2.24) is 4.90 Å². The molecule has 23 heavy (non-hydrogen) atoms. The third-order valence-corrected chi connectivity index (χ3v) is 3.10. The zero-order valence-corrected chi connectivity index (χ0v) is 15.3. The molecular formula is C17H29NO5. The van der Waals surface area contributed by atoms with Gasteiger partial charge in [0.1, 0.15) is 17.2 Å². The van der Waals surface area contributed by atoms with Crippen molar-refractivity contribution in [3.8, 4) is 0 Å². The van der Waals surface area contributed by atoms with Gasteiger partial charge in [-0.1, -0.05) is 0 Å². The third kappa shape index (κ3) is 6.50. The highest BCUT2D eigenvalue weighted by molar-refractivity contribution is 5.82. The van der Waals surface area contributed by atoms with E-state index in [4.69, 9.17) is 14.2 Å². The maximum absolute atomic E-state index is 12.5. The molecule has 0 aromatic rings. The van der Waals surface area contributed by atoms with Gasteiger partial charge in [-0.15, -0.1) is 0 Å². The normalized spacial score (nSPS) is 21.1. The Morgan fingerprint density at radius 1 is 1.09 bits per heavy atom. The van der Waals surface area contributed by atoms with E-state index in [2.05, 4.69) is 0 Å². The zero-order chi connectivity index (χ0) is 17.8. The molecule has 0 bridgehead atoms. The lowest BCUT2D eigenvalue weighted by molar-refractivity contribution is -0.161. The van der Waals surface area contributed by atoms with Gasteiger partial charge in [-0.2, -0.15) is 0 Å². The van der Waals surface area contributed by atoms with Crippen molar-refractivity contribution in [2.24, 2.45) is 0 Å². The molecule has 1 saturated heterocycles. The van der Waals surface area contributed by atoms with E-state index in [1.54, 1.807) is 54.9 Å². The molecule has 0 saturated carbocycles. The van der Waals surface area contributed by atoms with Crippen LogP contribution in [0.25, 0.3) is 0 Å². The number of hydrogen-bond donors (Lipinski definition) is 0. The first-order valence-electron chi connectivity index (χ1n) is 7.86. The molecule has 0 N–H and O–H groups in total. The summed E-state index contributed by atoms with van der Waals surface area (Å²) >= 11 is 0. The van der Waals surface area contributed by atoms with Crippen LogP contribution < -0.4 is 0 Å². The molecule has 0 aliphatic carbocycles. The van der Waals surface area contributed by atoms with Crippen molar-refractivity contribution in [2.75, 3.05) is 13.7 Å². The molecule has 0 aromatic heterocycles. The minimum atomic E-state index is -0.695. The van der Waals surface area contributed by atoms with E-state index in [0.717, 1.165) is 5.57 Å². The average molecular weight is 327 g/mol. The number of carbonyl (C=O) groups is 2. The summed E-state index contributed by atoms with van der Waals surface area (Å²) in [6.07, 6.45) is 2.17. The standard InChI is InChI=1S/C17H29NO5/c1-16(2,3)22-14(19)13-10-12(11-21-7)8-9-18(13)15(20)23-17(4,5)6/h11,13H,8-10H2,1-7H3/b12-11-. The Hall–Kier alpha value is -1.72. The zero-order valence-electron chi connectivity index (χ0n) is 15.3. The van der Waals surface area contributed by atoms with E-state index in [0.29, 0.717) is 19.4 Å². The van der Waals surface area contributed by atoms with Gasteiger partial charge in [-0.25, -0.2) is 9.59 Å². The highest BCUT2D eigenvalue weighted by atomic mass is 16.6. The van der Waals surface area contributed by atoms with Gasteiger partial charge in [0.2, 0.25) is 0 Å². The molecule has 1 heterocycles. The second kappa shape index (κ2) is 7.23. The van der Waals surface area contributed by atoms with Crippen LogP contribution >= 0.6 is 0 Å². The van der Waals surface area contributed by atoms with Crippen LogP contribution in [-0.2, 0) is 19.0 Å². The summed E-state index contributed by atoms with van der Waals surface area (Å²) in [6, 6.07) is -0.695. The average Bonchev–Trinajstić information content (AvgIpc) is 2.34. The number of piperidine rings is 1. The minimum Gasteiger partial charge on any atom is -0.504 e. The number of amides is 1. The van der Waals surface area contributed by atoms with Crippen molar-refractivity contribution in [3.05, 3.63) is 11.8 Å². The summed E-state index contributed by atoms with van der Waals surface area (Å²) in [6.45, 7) is 11.2. The summed E-state index contributed by atoms with van der Waals surface area (Å²) in [7, 11) is 1.57. The van der Waals surface area contributed by atoms with Crippen molar-refractivity contribution in [2.45, 2.75) is 71.6 Å². The van der Waals surface area contributed by atoms with Gasteiger partial charge in [0.05, 0.1) is 13.4 Å². The van der Waals surface area contributed by atoms with E-state index < -0.39 is 29.3 Å². The summed E-state index contributed by atoms with van der Waals surface area (Å²) in [5, 5.41) is 0. The molecule has 1 unspecified atom stereocenters. The van der Waals surface area contributed by atoms with Crippen LogP contribution in [0.3, 0.4) is 0 Å². The lowest BCUT2D eigenvalue weighted by Crippen LogP contribution is -2.51. The summed E-state index contributed by atoms with van der Waals surface area (Å²) in [4.78, 5) is 26.4. The second-order valence-electron chi connectivity index (χ2n) is 7.69. The van der Waals surface area contributed by atoms with Crippen molar-refractivity contribution in [1.29, 1.82) is 0 Å². The summed E-state index contributed by atoms with van der Waals surface area (Å²) in [5.74, 6) is -0.426. The van der Waals surface area contributed by atoms with E-state index in [1.807, 2.05) is 0 Å². The Balaban J connectivity index is 2.95. The fourth-order valence-electron chi connectivity index (χ4n) is 2.27. The molecule has 0 spiro atoms. The van der Waals surface area contributed by atoms with Crippen LogP contribution in [0.1, 0.15) is 54.4 Å². The first kappa shape index (κ1) is 19.3. The smallest absolute Gasteiger partial charge is 0.411 e. The Bertz CT molecular complexity index is 470. The van der Waals surface area contributed by atoms with Crippen molar-refractivity contribution < 1.29 is 23.8 Å². The molecule has 132 valence electrons. The van der Waals surface area contributed by atoms with Crippen LogP contribution in [-0.4, -0.2) is 47.9 Å². The van der Waals surface area contributed by atoms with Crippen LogP contribution in [0.15, 0.2) is 11.8 Å². The van der Waals surface area contributed by atoms with Gasteiger partial charge in [-0.05, 0) is 53.5 Å². The molecule has 1 atom stereocenters. The largest absolute Gasteiger partial charge is 0.504 e. The van der Waals surface area contributed by atoms with Gasteiger partial charge >= 0.3 is 12.1 Å². The topological polar surface area (TPSA) is 65.1 Å². The van der Waals surface area contributed by atoms with Crippen LogP contribution in [0.4, 0.5) is 4.79 Å². The van der Waals surface area contributed by atoms with Gasteiger partial charge in [-0.3, -0.25) is 4.90 Å². The molecule has 1 rings (SSSR count). The summed E-state index contributed by atoms with van der Waals surface area (Å²) < 4.78 is 15.9. The monoisotopic (exact) mass is 327 g/mol. The number of hydrogen-bond acceptors (Lipinski definition) is 5. The van der Waals surface area contributed by atoms with E-state index in [9.17, 15) is 9.59 Å².